The van der Waals surface area contributed by atoms with Crippen molar-refractivity contribution in [3.8, 4) is 0 Å². The lowest BCUT2D eigenvalue weighted by Gasteiger charge is -2.15. The molecule has 4 heteroatoms. The van der Waals surface area contributed by atoms with Gasteiger partial charge in [0.2, 0.25) is 0 Å². The van der Waals surface area contributed by atoms with Crippen LogP contribution in [0.2, 0.25) is 0 Å². The summed E-state index contributed by atoms with van der Waals surface area (Å²) in [6.45, 7) is 3.55. The first-order chi connectivity index (χ1) is 21.7. The van der Waals surface area contributed by atoms with E-state index in [0.717, 1.165) is 65.0 Å². The Morgan fingerprint density at radius 3 is 1.16 bits per heavy atom. The van der Waals surface area contributed by atoms with Crippen LogP contribution in [-0.2, 0) is 57.5 Å². The number of benzene rings is 5. The molecule has 4 unspecified atom stereocenters. The Hall–Kier alpha value is -3.54. The van der Waals surface area contributed by atoms with Crippen LogP contribution in [0, 0.1) is 0 Å². The van der Waals surface area contributed by atoms with Crippen LogP contribution in [0.5, 0.6) is 0 Å². The molecule has 4 heterocycles. The summed E-state index contributed by atoms with van der Waals surface area (Å²) in [7, 11) is 0. The van der Waals surface area contributed by atoms with Crippen LogP contribution in [0.25, 0.3) is 21.5 Å². The van der Waals surface area contributed by atoms with Crippen molar-refractivity contribution < 1.29 is 18.9 Å². The van der Waals surface area contributed by atoms with Crippen LogP contribution >= 0.6 is 0 Å². The van der Waals surface area contributed by atoms with Crippen molar-refractivity contribution in [1.29, 1.82) is 0 Å². The second-order valence-corrected chi connectivity index (χ2v) is 13.3. The van der Waals surface area contributed by atoms with Gasteiger partial charge in [-0.3, -0.25) is 0 Å². The lowest BCUT2D eigenvalue weighted by atomic mass is 9.89. The summed E-state index contributed by atoms with van der Waals surface area (Å²) in [5.41, 5.74) is 11.1. The molecule has 0 aromatic heterocycles. The van der Waals surface area contributed by atoms with Gasteiger partial charge < -0.3 is 18.9 Å². The molecule has 0 aliphatic carbocycles. The molecule has 4 nitrogen and oxygen atoms in total. The van der Waals surface area contributed by atoms with Gasteiger partial charge in [-0.05, 0) is 78.9 Å². The molecule has 4 aliphatic rings. The van der Waals surface area contributed by atoms with Crippen molar-refractivity contribution in [2.45, 2.75) is 62.9 Å². The van der Waals surface area contributed by atoms with E-state index in [0.29, 0.717) is 24.4 Å². The zero-order valence-electron chi connectivity index (χ0n) is 25.1. The van der Waals surface area contributed by atoms with E-state index in [4.69, 9.17) is 18.9 Å². The molecular weight excluding hydrogens is 544 g/mol. The predicted octanol–water partition coefficient (Wildman–Crippen LogP) is 6.94. The van der Waals surface area contributed by atoms with Crippen LogP contribution < -0.4 is 0 Å². The molecule has 5 aromatic carbocycles. The molecule has 0 N–H and O–H groups in total. The first kappa shape index (κ1) is 26.8. The van der Waals surface area contributed by atoms with Gasteiger partial charge in [-0.25, -0.2) is 0 Å². The second-order valence-electron chi connectivity index (χ2n) is 13.3. The Balaban J connectivity index is 0.961. The van der Waals surface area contributed by atoms with Gasteiger partial charge in [0.1, 0.15) is 0 Å². The summed E-state index contributed by atoms with van der Waals surface area (Å²) in [6, 6.07) is 32.5. The number of hydrogen-bond acceptors (Lipinski definition) is 4. The van der Waals surface area contributed by atoms with Gasteiger partial charge in [0.05, 0.1) is 50.8 Å². The third-order valence-electron chi connectivity index (χ3n) is 9.80. The number of fused-ring (bicyclic) bond motifs is 2. The van der Waals surface area contributed by atoms with Gasteiger partial charge in [-0.2, -0.15) is 0 Å². The van der Waals surface area contributed by atoms with E-state index in [1.165, 1.54) is 66.1 Å². The molecule has 0 spiro atoms. The zero-order chi connectivity index (χ0) is 29.0. The van der Waals surface area contributed by atoms with E-state index in [1.807, 2.05) is 0 Å². The Labute approximate surface area is 258 Å². The Morgan fingerprint density at radius 1 is 0.409 bits per heavy atom. The van der Waals surface area contributed by atoms with E-state index in [1.54, 1.807) is 0 Å². The normalized spacial score (nSPS) is 23.3. The minimum Gasteiger partial charge on any atom is -0.373 e. The summed E-state index contributed by atoms with van der Waals surface area (Å²) in [6.07, 6.45) is 7.41. The molecule has 4 fully saturated rings. The van der Waals surface area contributed by atoms with Gasteiger partial charge in [-0.1, -0.05) is 84.9 Å². The van der Waals surface area contributed by atoms with Crippen molar-refractivity contribution in [2.75, 3.05) is 26.4 Å². The van der Waals surface area contributed by atoms with Crippen LogP contribution in [0.3, 0.4) is 0 Å². The summed E-state index contributed by atoms with van der Waals surface area (Å²) in [4.78, 5) is 0. The maximum Gasteiger partial charge on any atom is 0.0850 e. The topological polar surface area (TPSA) is 50.1 Å². The Bertz CT molecular complexity index is 1710. The smallest absolute Gasteiger partial charge is 0.0850 e. The lowest BCUT2D eigenvalue weighted by molar-refractivity contribution is 0.407. The quantitative estimate of drug-likeness (QED) is 0.150. The standard InChI is InChI=1S/C40H38O4/c1-2-26(14-32-10-8-30-16-28(18-34-22-42-34)6-12-38(30)40(32)20-36-24-44-36)4-3-25(1)13-31-9-7-29-15-27(17-33-21-41-33)5-11-37(29)39(31)19-35-23-43-35/h1-12,15-16,33-36H,13-14,17-24H2. The van der Waals surface area contributed by atoms with Crippen LogP contribution in [0.4, 0.5) is 0 Å². The SMILES string of the molecule is c1cc(Cc2ccc3cc(CC4CO4)ccc3c2CC2CO2)ccc1Cc1ccc2cc(CC3CO3)ccc2c1CC1CO1. The van der Waals surface area contributed by atoms with Crippen molar-refractivity contribution in [1.82, 2.24) is 0 Å². The molecule has 222 valence electrons. The largest absolute Gasteiger partial charge is 0.373 e. The Morgan fingerprint density at radius 2 is 0.773 bits per heavy atom. The zero-order valence-corrected chi connectivity index (χ0v) is 25.1. The summed E-state index contributed by atoms with van der Waals surface area (Å²) in [5, 5.41) is 5.39. The molecule has 44 heavy (non-hydrogen) atoms. The third kappa shape index (κ3) is 6.05. The fourth-order valence-corrected chi connectivity index (χ4v) is 6.98. The lowest BCUT2D eigenvalue weighted by Crippen LogP contribution is -2.03. The van der Waals surface area contributed by atoms with Crippen molar-refractivity contribution in [3.63, 3.8) is 0 Å². The predicted molar refractivity (Wildman–Crippen MR) is 174 cm³/mol. The van der Waals surface area contributed by atoms with Crippen molar-refractivity contribution in [2.24, 2.45) is 0 Å². The highest BCUT2D eigenvalue weighted by Gasteiger charge is 2.27. The second kappa shape index (κ2) is 11.1. The molecular formula is C40H38O4. The molecule has 0 bridgehead atoms. The molecule has 0 amide bonds. The number of rotatable bonds is 12. The maximum atomic E-state index is 5.68. The van der Waals surface area contributed by atoms with Crippen LogP contribution in [0.15, 0.2) is 84.9 Å². The van der Waals surface area contributed by atoms with Gasteiger partial charge in [0.15, 0.2) is 0 Å². The van der Waals surface area contributed by atoms with Gasteiger partial charge in [0.25, 0.3) is 0 Å². The van der Waals surface area contributed by atoms with Gasteiger partial charge in [-0.15, -0.1) is 0 Å². The monoisotopic (exact) mass is 582 g/mol. The van der Waals surface area contributed by atoms with Crippen molar-refractivity contribution in [3.05, 3.63) is 129 Å². The van der Waals surface area contributed by atoms with Gasteiger partial charge in [0, 0.05) is 25.7 Å². The number of ether oxygens (including phenoxy) is 4. The van der Waals surface area contributed by atoms with Crippen LogP contribution in [-0.4, -0.2) is 50.8 Å². The van der Waals surface area contributed by atoms with E-state index < -0.39 is 0 Å². The fourth-order valence-electron chi connectivity index (χ4n) is 6.98. The first-order valence-electron chi connectivity index (χ1n) is 16.3. The summed E-state index contributed by atoms with van der Waals surface area (Å²) < 4.78 is 22.3. The van der Waals surface area contributed by atoms with E-state index in [-0.39, 0.29) is 0 Å². The average molecular weight is 583 g/mol. The molecule has 5 aromatic rings. The maximum absolute atomic E-state index is 5.68. The molecule has 4 aliphatic heterocycles. The first-order valence-corrected chi connectivity index (χ1v) is 16.3. The summed E-state index contributed by atoms with van der Waals surface area (Å²) in [5.74, 6) is 0. The van der Waals surface area contributed by atoms with E-state index >= 15 is 0 Å². The molecule has 9 rings (SSSR count). The highest BCUT2D eigenvalue weighted by atomic mass is 16.6. The molecule has 4 atom stereocenters. The number of hydrogen-bond donors (Lipinski definition) is 0. The third-order valence-corrected chi connectivity index (χ3v) is 9.80. The average Bonchev–Trinajstić information content (AvgIpc) is 3.84. The van der Waals surface area contributed by atoms with Crippen molar-refractivity contribution >= 4 is 21.5 Å². The molecule has 0 saturated carbocycles. The fraction of sp³-hybridized carbons (Fsp3) is 0.350. The van der Waals surface area contributed by atoms with E-state index in [9.17, 15) is 0 Å². The minimum atomic E-state index is 0.359. The highest BCUT2D eigenvalue weighted by Crippen LogP contribution is 2.32. The van der Waals surface area contributed by atoms with E-state index in [2.05, 4.69) is 84.9 Å². The molecule has 0 radical (unpaired) electrons. The van der Waals surface area contributed by atoms with Crippen LogP contribution in [0.1, 0.15) is 44.5 Å². The highest BCUT2D eigenvalue weighted by molar-refractivity contribution is 5.88. The number of epoxide rings is 4. The van der Waals surface area contributed by atoms with Gasteiger partial charge >= 0.3 is 0 Å². The summed E-state index contributed by atoms with van der Waals surface area (Å²) >= 11 is 0. The molecule has 4 saturated heterocycles. The Kier molecular flexibility index (Phi) is 6.78. The minimum absolute atomic E-state index is 0.359.